The van der Waals surface area contributed by atoms with E-state index >= 15 is 0 Å². The minimum atomic E-state index is -0.178. The molecule has 2 aromatic carbocycles. The molecule has 1 amide bonds. The zero-order valence-corrected chi connectivity index (χ0v) is 18.2. The molecule has 0 bridgehead atoms. The van der Waals surface area contributed by atoms with Gasteiger partial charge in [0.05, 0.1) is 12.0 Å². The minimum absolute atomic E-state index is 0.0408. The number of halogens is 1. The molecule has 0 aliphatic carbocycles. The lowest BCUT2D eigenvalue weighted by molar-refractivity contribution is 0.0631. The summed E-state index contributed by atoms with van der Waals surface area (Å²) in [6.07, 6.45) is 0. The summed E-state index contributed by atoms with van der Waals surface area (Å²) in [5.41, 5.74) is 1.65. The Hall–Kier alpha value is -2.90. The van der Waals surface area contributed by atoms with E-state index in [9.17, 15) is 9.18 Å². The first kappa shape index (κ1) is 21.3. The van der Waals surface area contributed by atoms with Gasteiger partial charge in [-0.3, -0.25) is 9.69 Å². The molecule has 0 N–H and O–H groups in total. The standard InChI is InChI=1S/C24H25FN2O3S/c1-29-21-8-4-5-9-22(21)30-16-18-14-23(31-17-18)24(28)27-12-10-26(11-13-27)15-19-6-2-3-7-20(19)25/h2-9,14,17H,10-13,15-16H2,1H3. The van der Waals surface area contributed by atoms with Crippen LogP contribution in [0.2, 0.25) is 0 Å². The average Bonchev–Trinajstić information content (AvgIpc) is 3.28. The van der Waals surface area contributed by atoms with Crippen molar-refractivity contribution in [2.45, 2.75) is 13.2 Å². The fourth-order valence-electron chi connectivity index (χ4n) is 3.59. The third kappa shape index (κ3) is 5.24. The summed E-state index contributed by atoms with van der Waals surface area (Å²) in [5.74, 6) is 1.22. The van der Waals surface area contributed by atoms with Crippen LogP contribution in [0.4, 0.5) is 4.39 Å². The lowest BCUT2D eigenvalue weighted by Gasteiger charge is -2.34. The molecular weight excluding hydrogens is 415 g/mol. The number of carbonyl (C=O) groups excluding carboxylic acids is 1. The van der Waals surface area contributed by atoms with Crippen molar-refractivity contribution in [1.29, 1.82) is 0 Å². The second-order valence-electron chi connectivity index (χ2n) is 7.42. The van der Waals surface area contributed by atoms with Crippen molar-refractivity contribution in [1.82, 2.24) is 9.80 Å². The fraction of sp³-hybridized carbons (Fsp3) is 0.292. The molecule has 31 heavy (non-hydrogen) atoms. The van der Waals surface area contributed by atoms with E-state index in [2.05, 4.69) is 4.90 Å². The predicted molar refractivity (Wildman–Crippen MR) is 119 cm³/mol. The number of hydrogen-bond donors (Lipinski definition) is 0. The van der Waals surface area contributed by atoms with Crippen molar-refractivity contribution in [3.8, 4) is 11.5 Å². The molecule has 5 nitrogen and oxygen atoms in total. The van der Waals surface area contributed by atoms with Gasteiger partial charge in [-0.25, -0.2) is 4.39 Å². The first-order chi connectivity index (χ1) is 15.1. The van der Waals surface area contributed by atoms with E-state index < -0.39 is 0 Å². The summed E-state index contributed by atoms with van der Waals surface area (Å²) < 4.78 is 25.0. The van der Waals surface area contributed by atoms with E-state index in [0.29, 0.717) is 48.2 Å². The zero-order chi connectivity index (χ0) is 21.6. The molecule has 1 fully saturated rings. The van der Waals surface area contributed by atoms with Gasteiger partial charge < -0.3 is 14.4 Å². The lowest BCUT2D eigenvalue weighted by atomic mass is 10.2. The smallest absolute Gasteiger partial charge is 0.264 e. The molecular formula is C24H25FN2O3S. The van der Waals surface area contributed by atoms with E-state index in [4.69, 9.17) is 9.47 Å². The number of carbonyl (C=O) groups is 1. The van der Waals surface area contributed by atoms with Gasteiger partial charge in [0.2, 0.25) is 0 Å². The Morgan fingerprint density at radius 3 is 2.48 bits per heavy atom. The summed E-state index contributed by atoms with van der Waals surface area (Å²) in [5, 5.41) is 1.96. The Morgan fingerprint density at radius 2 is 1.74 bits per heavy atom. The van der Waals surface area contributed by atoms with Gasteiger partial charge in [-0.05, 0) is 29.6 Å². The SMILES string of the molecule is COc1ccccc1OCc1csc(C(=O)N2CCN(Cc3ccccc3F)CC2)c1. The third-order valence-corrected chi connectivity index (χ3v) is 6.31. The van der Waals surface area contributed by atoms with Gasteiger partial charge in [0, 0.05) is 43.9 Å². The molecule has 3 aromatic rings. The van der Waals surface area contributed by atoms with E-state index in [1.165, 1.54) is 17.4 Å². The molecule has 1 aromatic heterocycles. The third-order valence-electron chi connectivity index (χ3n) is 5.34. The number of piperazine rings is 1. The highest BCUT2D eigenvalue weighted by molar-refractivity contribution is 7.12. The fourth-order valence-corrected chi connectivity index (χ4v) is 4.46. The summed E-state index contributed by atoms with van der Waals surface area (Å²) in [4.78, 5) is 17.7. The molecule has 0 saturated carbocycles. The summed E-state index contributed by atoms with van der Waals surface area (Å²) in [6.45, 7) is 3.68. The Labute approximate surface area is 185 Å². The number of amides is 1. The number of methoxy groups -OCH3 is 1. The van der Waals surface area contributed by atoms with Gasteiger partial charge in [-0.15, -0.1) is 11.3 Å². The van der Waals surface area contributed by atoms with Crippen LogP contribution < -0.4 is 9.47 Å². The predicted octanol–water partition coefficient (Wildman–Crippen LogP) is 4.43. The normalized spacial score (nSPS) is 14.5. The monoisotopic (exact) mass is 440 g/mol. The van der Waals surface area contributed by atoms with Crippen LogP contribution in [0.25, 0.3) is 0 Å². The number of ether oxygens (including phenoxy) is 2. The second-order valence-corrected chi connectivity index (χ2v) is 8.33. The van der Waals surface area contributed by atoms with Gasteiger partial charge in [0.25, 0.3) is 5.91 Å². The lowest BCUT2D eigenvalue weighted by Crippen LogP contribution is -2.48. The van der Waals surface area contributed by atoms with Crippen molar-refractivity contribution < 1.29 is 18.7 Å². The summed E-state index contributed by atoms with van der Waals surface area (Å²) >= 11 is 1.44. The minimum Gasteiger partial charge on any atom is -0.493 e. The molecule has 0 spiro atoms. The number of para-hydroxylation sites is 2. The van der Waals surface area contributed by atoms with Crippen molar-refractivity contribution in [3.05, 3.63) is 81.8 Å². The maximum absolute atomic E-state index is 13.9. The van der Waals surface area contributed by atoms with Crippen molar-refractivity contribution >= 4 is 17.2 Å². The van der Waals surface area contributed by atoms with Crippen LogP contribution in [-0.4, -0.2) is 49.0 Å². The largest absolute Gasteiger partial charge is 0.493 e. The molecule has 0 radical (unpaired) electrons. The average molecular weight is 441 g/mol. The molecule has 162 valence electrons. The van der Waals surface area contributed by atoms with Gasteiger partial charge in [-0.2, -0.15) is 0 Å². The highest BCUT2D eigenvalue weighted by Gasteiger charge is 2.23. The second kappa shape index (κ2) is 9.94. The molecule has 7 heteroatoms. The van der Waals surface area contributed by atoms with Crippen molar-refractivity contribution in [3.63, 3.8) is 0 Å². The van der Waals surface area contributed by atoms with E-state index in [0.717, 1.165) is 18.7 Å². The topological polar surface area (TPSA) is 42.0 Å². The first-order valence-electron chi connectivity index (χ1n) is 10.2. The Kier molecular flexibility index (Phi) is 6.84. The summed E-state index contributed by atoms with van der Waals surface area (Å²) in [6, 6.07) is 16.2. The van der Waals surface area contributed by atoms with Gasteiger partial charge >= 0.3 is 0 Å². The molecule has 4 rings (SSSR count). The number of thiophene rings is 1. The quantitative estimate of drug-likeness (QED) is 0.545. The number of nitrogens with zero attached hydrogens (tertiary/aromatic N) is 2. The summed E-state index contributed by atoms with van der Waals surface area (Å²) in [7, 11) is 1.61. The Bertz CT molecular complexity index is 1030. The number of hydrogen-bond acceptors (Lipinski definition) is 5. The van der Waals surface area contributed by atoms with Gasteiger partial charge in [0.1, 0.15) is 12.4 Å². The van der Waals surface area contributed by atoms with E-state index in [1.807, 2.05) is 52.7 Å². The van der Waals surface area contributed by atoms with Crippen molar-refractivity contribution in [2.75, 3.05) is 33.3 Å². The van der Waals surface area contributed by atoms with Crippen LogP contribution in [0.3, 0.4) is 0 Å². The van der Waals surface area contributed by atoms with Gasteiger partial charge in [0.15, 0.2) is 11.5 Å². The Balaban J connectivity index is 1.29. The molecule has 1 aliphatic heterocycles. The van der Waals surface area contributed by atoms with E-state index in [1.54, 1.807) is 13.2 Å². The molecule has 0 unspecified atom stereocenters. The van der Waals surface area contributed by atoms with Crippen molar-refractivity contribution in [2.24, 2.45) is 0 Å². The highest BCUT2D eigenvalue weighted by Crippen LogP contribution is 2.27. The highest BCUT2D eigenvalue weighted by atomic mass is 32.1. The maximum atomic E-state index is 13.9. The van der Waals surface area contributed by atoms with Crippen LogP contribution in [0.1, 0.15) is 20.8 Å². The van der Waals surface area contributed by atoms with Crippen LogP contribution >= 0.6 is 11.3 Å². The molecule has 0 atom stereocenters. The maximum Gasteiger partial charge on any atom is 0.264 e. The van der Waals surface area contributed by atoms with Gasteiger partial charge in [-0.1, -0.05) is 30.3 Å². The molecule has 1 aliphatic rings. The Morgan fingerprint density at radius 1 is 1.03 bits per heavy atom. The zero-order valence-electron chi connectivity index (χ0n) is 17.4. The van der Waals surface area contributed by atoms with Crippen LogP contribution in [0.15, 0.2) is 60.0 Å². The van der Waals surface area contributed by atoms with E-state index in [-0.39, 0.29) is 11.7 Å². The van der Waals surface area contributed by atoms with Crippen LogP contribution in [0.5, 0.6) is 11.5 Å². The number of rotatable bonds is 7. The van der Waals surface area contributed by atoms with Crippen LogP contribution in [-0.2, 0) is 13.2 Å². The molecule has 1 saturated heterocycles. The molecule has 2 heterocycles. The number of benzene rings is 2. The first-order valence-corrected chi connectivity index (χ1v) is 11.1. The van der Waals surface area contributed by atoms with Crippen LogP contribution in [0, 0.1) is 5.82 Å².